The number of rotatable bonds is 8. The minimum Gasteiger partial charge on any atom is -0.480 e. The highest BCUT2D eigenvalue weighted by Gasteiger charge is 2.32. The third-order valence-corrected chi connectivity index (χ3v) is 3.16. The molecule has 0 aromatic carbocycles. The van der Waals surface area contributed by atoms with Crippen molar-refractivity contribution in [3.05, 3.63) is 18.0 Å². The minimum atomic E-state index is -0.839. The van der Waals surface area contributed by atoms with E-state index in [1.807, 2.05) is 37.8 Å². The maximum absolute atomic E-state index is 11.3. The van der Waals surface area contributed by atoms with Gasteiger partial charge in [0.05, 0.1) is 6.20 Å². The Morgan fingerprint density at radius 2 is 2.21 bits per heavy atom. The van der Waals surface area contributed by atoms with E-state index in [1.165, 1.54) is 0 Å². The van der Waals surface area contributed by atoms with Crippen LogP contribution >= 0.6 is 0 Å². The number of carboxylic acids is 1. The number of carbonyl (C=O) groups is 1. The second-order valence-electron chi connectivity index (χ2n) is 5.67. The van der Waals surface area contributed by atoms with Gasteiger partial charge in [-0.3, -0.25) is 14.8 Å². The molecule has 1 rings (SSSR count). The van der Waals surface area contributed by atoms with Crippen LogP contribution in [0.5, 0.6) is 0 Å². The number of nitrogens with one attached hydrogen (secondary N) is 1. The predicted octanol–water partition coefficient (Wildman–Crippen LogP) is 2.20. The zero-order valence-electron chi connectivity index (χ0n) is 12.3. The number of hydrogen-bond acceptors (Lipinski definition) is 3. The second kappa shape index (κ2) is 6.70. The largest absolute Gasteiger partial charge is 0.480 e. The molecular weight excluding hydrogens is 242 g/mol. The van der Waals surface area contributed by atoms with Gasteiger partial charge in [0.15, 0.2) is 0 Å². The van der Waals surface area contributed by atoms with Crippen molar-refractivity contribution in [3.8, 4) is 0 Å². The summed E-state index contributed by atoms with van der Waals surface area (Å²) in [5.74, 6) is -0.781. The molecule has 0 saturated heterocycles. The normalized spacial score (nSPS) is 14.6. The van der Waals surface area contributed by atoms with Gasteiger partial charge in [-0.1, -0.05) is 0 Å². The Hall–Kier alpha value is -1.36. The summed E-state index contributed by atoms with van der Waals surface area (Å²) >= 11 is 0. The summed E-state index contributed by atoms with van der Waals surface area (Å²) in [5.41, 5.74) is 0.311. The first-order valence-electron chi connectivity index (χ1n) is 6.83. The highest BCUT2D eigenvalue weighted by atomic mass is 16.4. The number of nitrogens with zero attached hydrogens (tertiary/aromatic N) is 2. The summed E-state index contributed by atoms with van der Waals surface area (Å²) in [6.07, 6.45) is 6.26. The lowest BCUT2D eigenvalue weighted by Gasteiger charge is -2.28. The Kier molecular flexibility index (Phi) is 5.54. The van der Waals surface area contributed by atoms with Crippen LogP contribution in [0.2, 0.25) is 0 Å². The van der Waals surface area contributed by atoms with Crippen molar-refractivity contribution in [2.24, 2.45) is 0 Å². The molecule has 5 nitrogen and oxygen atoms in total. The topological polar surface area (TPSA) is 67.2 Å². The molecule has 19 heavy (non-hydrogen) atoms. The lowest BCUT2D eigenvalue weighted by Crippen LogP contribution is -2.52. The van der Waals surface area contributed by atoms with E-state index < -0.39 is 11.5 Å². The molecule has 1 atom stereocenters. The van der Waals surface area contributed by atoms with Crippen molar-refractivity contribution in [1.82, 2.24) is 15.1 Å². The van der Waals surface area contributed by atoms with Gasteiger partial charge in [0, 0.05) is 18.8 Å². The van der Waals surface area contributed by atoms with Gasteiger partial charge in [-0.2, -0.15) is 5.10 Å². The van der Waals surface area contributed by atoms with E-state index in [4.69, 9.17) is 0 Å². The fourth-order valence-corrected chi connectivity index (χ4v) is 2.22. The van der Waals surface area contributed by atoms with E-state index in [0.717, 1.165) is 24.9 Å². The van der Waals surface area contributed by atoms with Crippen LogP contribution in [-0.4, -0.2) is 32.4 Å². The molecule has 1 heterocycles. The van der Waals surface area contributed by atoms with E-state index in [1.54, 1.807) is 6.92 Å². The van der Waals surface area contributed by atoms with E-state index in [-0.39, 0.29) is 6.04 Å². The summed E-state index contributed by atoms with van der Waals surface area (Å²) in [5, 5.41) is 16.7. The quantitative estimate of drug-likeness (QED) is 0.709. The molecule has 1 aromatic heterocycles. The summed E-state index contributed by atoms with van der Waals surface area (Å²) in [6, 6.07) is 0.162. The highest BCUT2D eigenvalue weighted by Crippen LogP contribution is 2.16. The van der Waals surface area contributed by atoms with Gasteiger partial charge in [0.2, 0.25) is 0 Å². The fourth-order valence-electron chi connectivity index (χ4n) is 2.22. The second-order valence-corrected chi connectivity index (χ2v) is 5.67. The predicted molar refractivity (Wildman–Crippen MR) is 75.1 cm³/mol. The van der Waals surface area contributed by atoms with Crippen molar-refractivity contribution in [3.63, 3.8) is 0 Å². The van der Waals surface area contributed by atoms with E-state index in [2.05, 4.69) is 10.4 Å². The van der Waals surface area contributed by atoms with Gasteiger partial charge >= 0.3 is 5.97 Å². The number of aryl methyl sites for hydroxylation is 2. The molecule has 0 aliphatic carbocycles. The van der Waals surface area contributed by atoms with E-state index in [0.29, 0.717) is 6.42 Å². The number of carboxylic acid groups (broad SMARTS) is 1. The molecule has 2 N–H and O–H groups in total. The van der Waals surface area contributed by atoms with Gasteiger partial charge in [-0.15, -0.1) is 0 Å². The molecule has 0 aliphatic heterocycles. The lowest BCUT2D eigenvalue weighted by atomic mass is 9.94. The molecule has 0 saturated carbocycles. The monoisotopic (exact) mass is 267 g/mol. The first kappa shape index (κ1) is 15.7. The third kappa shape index (κ3) is 5.03. The Bertz CT molecular complexity index is 415. The third-order valence-electron chi connectivity index (χ3n) is 3.16. The van der Waals surface area contributed by atoms with E-state index in [9.17, 15) is 9.90 Å². The Balaban J connectivity index is 2.38. The van der Waals surface area contributed by atoms with Crippen molar-refractivity contribution in [2.45, 2.75) is 65.1 Å². The molecule has 5 heteroatoms. The summed E-state index contributed by atoms with van der Waals surface area (Å²) < 4.78 is 1.91. The molecule has 1 unspecified atom stereocenters. The van der Waals surface area contributed by atoms with Crippen LogP contribution in [-0.2, 0) is 11.3 Å². The Morgan fingerprint density at radius 3 is 2.68 bits per heavy atom. The van der Waals surface area contributed by atoms with Crippen LogP contribution in [0.1, 0.15) is 45.6 Å². The standard InChI is InChI=1S/C14H25N3O2/c1-11(2)16-14(4,13(18)19)7-5-6-8-17-10-12(3)9-15-17/h9-11,16H,5-8H2,1-4H3,(H,18,19). The van der Waals surface area contributed by atoms with Crippen molar-refractivity contribution >= 4 is 5.97 Å². The first-order valence-corrected chi connectivity index (χ1v) is 6.83. The first-order chi connectivity index (χ1) is 8.83. The summed E-state index contributed by atoms with van der Waals surface area (Å²) in [4.78, 5) is 11.3. The van der Waals surface area contributed by atoms with Gasteiger partial charge in [0.25, 0.3) is 0 Å². The molecular formula is C14H25N3O2. The Morgan fingerprint density at radius 1 is 1.53 bits per heavy atom. The number of unbranched alkanes of at least 4 members (excludes halogenated alkanes) is 1. The summed E-state index contributed by atoms with van der Waals surface area (Å²) in [7, 11) is 0. The molecule has 108 valence electrons. The fraction of sp³-hybridized carbons (Fsp3) is 0.714. The average Bonchev–Trinajstić information content (AvgIpc) is 2.69. The molecule has 1 aromatic rings. The molecule has 0 bridgehead atoms. The van der Waals surface area contributed by atoms with Crippen LogP contribution in [0, 0.1) is 6.92 Å². The maximum atomic E-state index is 11.3. The SMILES string of the molecule is Cc1cnn(CCCCC(C)(NC(C)C)C(=O)O)c1. The van der Waals surface area contributed by atoms with Crippen LogP contribution in [0.15, 0.2) is 12.4 Å². The zero-order chi connectivity index (χ0) is 14.5. The van der Waals surface area contributed by atoms with Crippen LogP contribution < -0.4 is 5.32 Å². The van der Waals surface area contributed by atoms with Gasteiger partial charge in [-0.05, 0) is 52.5 Å². The maximum Gasteiger partial charge on any atom is 0.323 e. The average molecular weight is 267 g/mol. The number of aromatic nitrogens is 2. The molecule has 0 fully saturated rings. The molecule has 0 amide bonds. The van der Waals surface area contributed by atoms with Crippen LogP contribution in [0.25, 0.3) is 0 Å². The smallest absolute Gasteiger partial charge is 0.323 e. The van der Waals surface area contributed by atoms with Crippen LogP contribution in [0.4, 0.5) is 0 Å². The molecule has 0 aliphatic rings. The van der Waals surface area contributed by atoms with E-state index >= 15 is 0 Å². The van der Waals surface area contributed by atoms with Crippen molar-refractivity contribution in [2.75, 3.05) is 0 Å². The minimum absolute atomic E-state index is 0.162. The number of aliphatic carboxylic acids is 1. The Labute approximate surface area is 115 Å². The zero-order valence-corrected chi connectivity index (χ0v) is 12.3. The molecule has 0 radical (unpaired) electrons. The van der Waals surface area contributed by atoms with Gasteiger partial charge in [0.1, 0.15) is 5.54 Å². The van der Waals surface area contributed by atoms with Gasteiger partial charge in [-0.25, -0.2) is 0 Å². The summed E-state index contributed by atoms with van der Waals surface area (Å²) in [6.45, 7) is 8.54. The van der Waals surface area contributed by atoms with Crippen molar-refractivity contribution in [1.29, 1.82) is 0 Å². The lowest BCUT2D eigenvalue weighted by molar-refractivity contribution is -0.144. The number of hydrogen-bond donors (Lipinski definition) is 2. The van der Waals surface area contributed by atoms with Gasteiger partial charge < -0.3 is 5.11 Å². The van der Waals surface area contributed by atoms with Crippen LogP contribution in [0.3, 0.4) is 0 Å². The molecule has 0 spiro atoms. The van der Waals surface area contributed by atoms with Crippen molar-refractivity contribution < 1.29 is 9.90 Å². The highest BCUT2D eigenvalue weighted by molar-refractivity contribution is 5.78.